The van der Waals surface area contributed by atoms with E-state index in [1.165, 1.54) is 6.07 Å². The minimum atomic E-state index is -0.331. The van der Waals surface area contributed by atoms with Gasteiger partial charge >= 0.3 is 0 Å². The molecule has 0 heterocycles. The highest BCUT2D eigenvalue weighted by Gasteiger charge is 2.06. The van der Waals surface area contributed by atoms with E-state index in [9.17, 15) is 9.90 Å². The van der Waals surface area contributed by atoms with Gasteiger partial charge in [-0.15, -0.1) is 0 Å². The summed E-state index contributed by atoms with van der Waals surface area (Å²) in [7, 11) is 0. The van der Waals surface area contributed by atoms with Crippen molar-refractivity contribution in [3.63, 3.8) is 0 Å². The van der Waals surface area contributed by atoms with Crippen molar-refractivity contribution in [1.82, 2.24) is 0 Å². The zero-order valence-corrected chi connectivity index (χ0v) is 9.90. The highest BCUT2D eigenvalue weighted by atomic mass is 16.3. The smallest absolute Gasteiger partial charge is 0.220 e. The molecule has 0 saturated carbocycles. The zero-order chi connectivity index (χ0) is 12.4. The zero-order valence-electron chi connectivity index (χ0n) is 9.90. The van der Waals surface area contributed by atoms with Crippen molar-refractivity contribution in [2.45, 2.75) is 13.8 Å². The highest BCUT2D eigenvalue weighted by molar-refractivity contribution is 5.67. The predicted molar refractivity (Wildman–Crippen MR) is 69.3 cm³/mol. The Hall–Kier alpha value is -2.09. The van der Waals surface area contributed by atoms with E-state index in [0.717, 1.165) is 16.7 Å². The molecule has 86 valence electrons. The molecular formula is C15H14O2. The minimum absolute atomic E-state index is 0.171. The van der Waals surface area contributed by atoms with Crippen LogP contribution in [0.15, 0.2) is 47.3 Å². The van der Waals surface area contributed by atoms with Crippen molar-refractivity contribution in [3.05, 3.63) is 63.8 Å². The van der Waals surface area contributed by atoms with Crippen LogP contribution in [0.1, 0.15) is 11.1 Å². The van der Waals surface area contributed by atoms with Crippen molar-refractivity contribution in [1.29, 1.82) is 0 Å². The molecule has 0 aliphatic rings. The van der Waals surface area contributed by atoms with Gasteiger partial charge in [0.2, 0.25) is 5.43 Å². The van der Waals surface area contributed by atoms with Gasteiger partial charge in [-0.1, -0.05) is 30.3 Å². The first-order chi connectivity index (χ1) is 8.09. The van der Waals surface area contributed by atoms with Gasteiger partial charge < -0.3 is 5.11 Å². The van der Waals surface area contributed by atoms with E-state index in [2.05, 4.69) is 0 Å². The molecule has 2 rings (SSSR count). The quantitative estimate of drug-likeness (QED) is 0.811. The van der Waals surface area contributed by atoms with Crippen molar-refractivity contribution in [2.75, 3.05) is 0 Å². The third-order valence-electron chi connectivity index (χ3n) is 2.82. The molecule has 0 aromatic heterocycles. The Morgan fingerprint density at radius 3 is 2.24 bits per heavy atom. The fourth-order valence-electron chi connectivity index (χ4n) is 1.86. The summed E-state index contributed by atoms with van der Waals surface area (Å²) in [5.41, 5.74) is 3.15. The maximum Gasteiger partial charge on any atom is 0.220 e. The Morgan fingerprint density at radius 2 is 1.59 bits per heavy atom. The summed E-state index contributed by atoms with van der Waals surface area (Å²) in [4.78, 5) is 11.6. The van der Waals surface area contributed by atoms with E-state index in [1.807, 2.05) is 43.3 Å². The first-order valence-corrected chi connectivity index (χ1v) is 5.49. The van der Waals surface area contributed by atoms with Gasteiger partial charge in [-0.25, -0.2) is 0 Å². The molecule has 0 amide bonds. The first-order valence-electron chi connectivity index (χ1n) is 5.49. The number of aromatic hydroxyl groups is 1. The molecular weight excluding hydrogens is 212 g/mol. The fourth-order valence-corrected chi connectivity index (χ4v) is 1.86. The Morgan fingerprint density at radius 1 is 0.941 bits per heavy atom. The van der Waals surface area contributed by atoms with Crippen molar-refractivity contribution >= 4 is 0 Å². The monoisotopic (exact) mass is 226 g/mol. The third kappa shape index (κ3) is 2.21. The van der Waals surface area contributed by atoms with Gasteiger partial charge in [-0.2, -0.15) is 0 Å². The summed E-state index contributed by atoms with van der Waals surface area (Å²) in [6, 6.07) is 13.2. The van der Waals surface area contributed by atoms with Crippen molar-refractivity contribution < 1.29 is 5.11 Å². The van der Waals surface area contributed by atoms with E-state index < -0.39 is 0 Å². The molecule has 0 radical (unpaired) electrons. The van der Waals surface area contributed by atoms with Crippen LogP contribution in [0.25, 0.3) is 11.1 Å². The number of hydrogen-bond acceptors (Lipinski definition) is 2. The van der Waals surface area contributed by atoms with E-state index in [-0.39, 0.29) is 11.2 Å². The Labute approximate surface area is 100 Å². The van der Waals surface area contributed by atoms with Crippen LogP contribution >= 0.6 is 0 Å². The first kappa shape index (κ1) is 11.4. The molecule has 0 atom stereocenters. The van der Waals surface area contributed by atoms with Gasteiger partial charge in [0.05, 0.1) is 0 Å². The van der Waals surface area contributed by atoms with Gasteiger partial charge in [-0.05, 0) is 48.2 Å². The van der Waals surface area contributed by atoms with Gasteiger partial charge in [0, 0.05) is 0 Å². The topological polar surface area (TPSA) is 37.3 Å². The summed E-state index contributed by atoms with van der Waals surface area (Å²) in [6.45, 7) is 3.62. The molecule has 2 aromatic carbocycles. The summed E-state index contributed by atoms with van der Waals surface area (Å²) in [5.74, 6) is -0.171. The SMILES string of the molecule is Cc1cc(=O)c(O)c(C)cc1-c1ccccc1. The maximum absolute atomic E-state index is 11.6. The third-order valence-corrected chi connectivity index (χ3v) is 2.82. The second-order valence-electron chi connectivity index (χ2n) is 4.15. The van der Waals surface area contributed by atoms with Crippen molar-refractivity contribution in [2.24, 2.45) is 0 Å². The lowest BCUT2D eigenvalue weighted by Crippen LogP contribution is -1.95. The molecule has 0 fully saturated rings. The summed E-state index contributed by atoms with van der Waals surface area (Å²) in [5, 5.41) is 9.65. The number of rotatable bonds is 1. The number of hydrogen-bond donors (Lipinski definition) is 1. The van der Waals surface area contributed by atoms with E-state index in [4.69, 9.17) is 0 Å². The van der Waals surface area contributed by atoms with Crippen molar-refractivity contribution in [3.8, 4) is 16.9 Å². The normalized spacial score (nSPS) is 10.2. The molecule has 0 unspecified atom stereocenters. The molecule has 2 nitrogen and oxygen atoms in total. The van der Waals surface area contributed by atoms with Crippen LogP contribution in [0.5, 0.6) is 5.75 Å². The molecule has 0 spiro atoms. The van der Waals surface area contributed by atoms with Crippen LogP contribution in [0.2, 0.25) is 0 Å². The van der Waals surface area contributed by atoms with Gasteiger partial charge in [-0.3, -0.25) is 4.79 Å². The highest BCUT2D eigenvalue weighted by Crippen LogP contribution is 2.24. The molecule has 2 heteroatoms. The largest absolute Gasteiger partial charge is 0.504 e. The second kappa shape index (κ2) is 4.42. The maximum atomic E-state index is 11.6. The van der Waals surface area contributed by atoms with Gasteiger partial charge in [0.15, 0.2) is 5.75 Å². The Balaban J connectivity index is 2.77. The standard InChI is InChI=1S/C15H14O2/c1-10-9-14(16)15(17)11(2)8-13(10)12-6-4-3-5-7-12/h3-9H,1-2H3,(H,16,17). The molecule has 2 aromatic rings. The van der Waals surface area contributed by atoms with Crippen LogP contribution in [0.3, 0.4) is 0 Å². The number of benzene rings is 1. The van der Waals surface area contributed by atoms with Crippen LogP contribution < -0.4 is 5.43 Å². The predicted octanol–water partition coefficient (Wildman–Crippen LogP) is 3.04. The molecule has 1 N–H and O–H groups in total. The van der Waals surface area contributed by atoms with E-state index in [1.54, 1.807) is 6.92 Å². The summed E-state index contributed by atoms with van der Waals surface area (Å²) < 4.78 is 0. The van der Waals surface area contributed by atoms with Crippen LogP contribution in [-0.2, 0) is 0 Å². The van der Waals surface area contributed by atoms with Crippen LogP contribution in [0, 0.1) is 13.8 Å². The molecule has 17 heavy (non-hydrogen) atoms. The van der Waals surface area contributed by atoms with Crippen LogP contribution in [-0.4, -0.2) is 5.11 Å². The van der Waals surface area contributed by atoms with Crippen LogP contribution in [0.4, 0.5) is 0 Å². The minimum Gasteiger partial charge on any atom is -0.504 e. The van der Waals surface area contributed by atoms with E-state index >= 15 is 0 Å². The average Bonchev–Trinajstić information content (AvgIpc) is 2.43. The Bertz CT molecular complexity index is 601. The lowest BCUT2D eigenvalue weighted by molar-refractivity contribution is 0.467. The van der Waals surface area contributed by atoms with Gasteiger partial charge in [0.1, 0.15) is 0 Å². The molecule has 0 saturated heterocycles. The Kier molecular flexibility index (Phi) is 2.96. The fraction of sp³-hybridized carbons (Fsp3) is 0.133. The second-order valence-corrected chi connectivity index (χ2v) is 4.15. The molecule has 0 bridgehead atoms. The summed E-state index contributed by atoms with van der Waals surface area (Å²) in [6.07, 6.45) is 0. The number of aryl methyl sites for hydroxylation is 2. The lowest BCUT2D eigenvalue weighted by atomic mass is 10.0. The summed E-state index contributed by atoms with van der Waals surface area (Å²) >= 11 is 0. The molecule has 0 aliphatic heterocycles. The van der Waals surface area contributed by atoms with E-state index in [0.29, 0.717) is 5.56 Å². The van der Waals surface area contributed by atoms with Gasteiger partial charge in [0.25, 0.3) is 0 Å². The lowest BCUT2D eigenvalue weighted by Gasteiger charge is -2.02. The average molecular weight is 226 g/mol. The molecule has 0 aliphatic carbocycles.